The van der Waals surface area contributed by atoms with Crippen molar-refractivity contribution in [1.29, 1.82) is 0 Å². The number of nitrogens with zero attached hydrogens (tertiary/aromatic N) is 1. The number of nitrogens with one attached hydrogen (secondary N) is 1. The van der Waals surface area contributed by atoms with Crippen LogP contribution in [-0.2, 0) is 16.1 Å². The number of aryl methyl sites for hydroxylation is 2. The van der Waals surface area contributed by atoms with E-state index >= 15 is 0 Å². The molecule has 1 atom stereocenters. The minimum Gasteiger partial charge on any atom is -0.494 e. The molecule has 32 heavy (non-hydrogen) atoms. The Morgan fingerprint density at radius 1 is 1.00 bits per heavy atom. The summed E-state index contributed by atoms with van der Waals surface area (Å²) in [5.41, 5.74) is 3.36. The number of ether oxygens (including phenoxy) is 1. The predicted molar refractivity (Wildman–Crippen MR) is 130 cm³/mol. The SMILES string of the molecule is CCCCNC(=O)[C@H](CC)N(Cc1cccc(C)c1)C(=O)CCCOc1ccc(C)cc1. The van der Waals surface area contributed by atoms with Crippen LogP contribution in [0.25, 0.3) is 0 Å². The molecule has 5 nitrogen and oxygen atoms in total. The number of carbonyl (C=O) groups is 2. The zero-order chi connectivity index (χ0) is 23.3. The molecule has 2 amide bonds. The van der Waals surface area contributed by atoms with Crippen LogP contribution < -0.4 is 10.1 Å². The molecule has 5 heteroatoms. The molecule has 0 spiro atoms. The monoisotopic (exact) mass is 438 g/mol. The quantitative estimate of drug-likeness (QED) is 0.438. The van der Waals surface area contributed by atoms with E-state index < -0.39 is 6.04 Å². The molecule has 0 unspecified atom stereocenters. The van der Waals surface area contributed by atoms with Gasteiger partial charge in [0, 0.05) is 19.5 Å². The molecular weight excluding hydrogens is 400 g/mol. The second kappa shape index (κ2) is 13.6. The van der Waals surface area contributed by atoms with Crippen LogP contribution in [0, 0.1) is 13.8 Å². The van der Waals surface area contributed by atoms with Crippen LogP contribution >= 0.6 is 0 Å². The Balaban J connectivity index is 2.03. The van der Waals surface area contributed by atoms with Crippen molar-refractivity contribution in [2.45, 2.75) is 72.4 Å². The van der Waals surface area contributed by atoms with Crippen LogP contribution in [0.5, 0.6) is 5.75 Å². The molecule has 2 aromatic carbocycles. The van der Waals surface area contributed by atoms with Gasteiger partial charge in [0.05, 0.1) is 6.61 Å². The molecule has 0 aliphatic rings. The fourth-order valence-corrected chi connectivity index (χ4v) is 3.62. The summed E-state index contributed by atoms with van der Waals surface area (Å²) in [6, 6.07) is 15.5. The molecule has 1 N–H and O–H groups in total. The van der Waals surface area contributed by atoms with Gasteiger partial charge >= 0.3 is 0 Å². The van der Waals surface area contributed by atoms with Crippen LogP contribution in [0.1, 0.15) is 62.6 Å². The minimum absolute atomic E-state index is 0.0171. The van der Waals surface area contributed by atoms with E-state index in [1.54, 1.807) is 4.90 Å². The molecule has 2 rings (SSSR count). The maximum atomic E-state index is 13.2. The Bertz CT molecular complexity index is 848. The third-order valence-corrected chi connectivity index (χ3v) is 5.48. The number of unbranched alkanes of at least 4 members (excludes halogenated alkanes) is 1. The molecular formula is C27H38N2O3. The standard InChI is InChI=1S/C27H38N2O3/c1-5-7-17-28-27(31)25(6-2)29(20-23-11-8-10-22(4)19-23)26(30)12-9-18-32-24-15-13-21(3)14-16-24/h8,10-11,13-16,19,25H,5-7,9,12,17-18,20H2,1-4H3,(H,28,31)/t25-/m0/s1. The lowest BCUT2D eigenvalue weighted by molar-refractivity contribution is -0.141. The van der Waals surface area contributed by atoms with Gasteiger partial charge in [-0.1, -0.05) is 67.8 Å². The summed E-state index contributed by atoms with van der Waals surface area (Å²) >= 11 is 0. The molecule has 0 saturated carbocycles. The molecule has 0 heterocycles. The van der Waals surface area contributed by atoms with Crippen molar-refractivity contribution in [2.75, 3.05) is 13.2 Å². The first-order valence-corrected chi connectivity index (χ1v) is 11.8. The van der Waals surface area contributed by atoms with E-state index in [0.717, 1.165) is 29.7 Å². The van der Waals surface area contributed by atoms with Gasteiger partial charge in [0.25, 0.3) is 0 Å². The highest BCUT2D eigenvalue weighted by Crippen LogP contribution is 2.16. The summed E-state index contributed by atoms with van der Waals surface area (Å²) in [7, 11) is 0. The van der Waals surface area contributed by atoms with Crippen molar-refractivity contribution in [2.24, 2.45) is 0 Å². The van der Waals surface area contributed by atoms with Crippen molar-refractivity contribution in [3.05, 3.63) is 65.2 Å². The van der Waals surface area contributed by atoms with Gasteiger partial charge in [-0.3, -0.25) is 9.59 Å². The van der Waals surface area contributed by atoms with E-state index in [9.17, 15) is 9.59 Å². The first-order valence-electron chi connectivity index (χ1n) is 11.8. The lowest BCUT2D eigenvalue weighted by atomic mass is 10.1. The molecule has 0 aliphatic heterocycles. The zero-order valence-electron chi connectivity index (χ0n) is 20.0. The molecule has 2 aromatic rings. The van der Waals surface area contributed by atoms with Crippen molar-refractivity contribution < 1.29 is 14.3 Å². The normalized spacial score (nSPS) is 11.6. The summed E-state index contributed by atoms with van der Waals surface area (Å²) < 4.78 is 5.77. The van der Waals surface area contributed by atoms with Crippen LogP contribution in [0.15, 0.2) is 48.5 Å². The van der Waals surface area contributed by atoms with Gasteiger partial charge < -0.3 is 15.0 Å². The smallest absolute Gasteiger partial charge is 0.242 e. The van der Waals surface area contributed by atoms with E-state index in [2.05, 4.69) is 18.3 Å². The van der Waals surface area contributed by atoms with Crippen molar-refractivity contribution >= 4 is 11.8 Å². The maximum absolute atomic E-state index is 13.2. The Morgan fingerprint density at radius 2 is 1.75 bits per heavy atom. The highest BCUT2D eigenvalue weighted by atomic mass is 16.5. The molecule has 0 radical (unpaired) electrons. The van der Waals surface area contributed by atoms with E-state index in [1.807, 2.05) is 63.2 Å². The van der Waals surface area contributed by atoms with E-state index in [1.165, 1.54) is 5.56 Å². The largest absolute Gasteiger partial charge is 0.494 e. The Hall–Kier alpha value is -2.82. The number of benzene rings is 2. The topological polar surface area (TPSA) is 58.6 Å². The number of hydrogen-bond donors (Lipinski definition) is 1. The van der Waals surface area contributed by atoms with Crippen molar-refractivity contribution in [1.82, 2.24) is 10.2 Å². The average molecular weight is 439 g/mol. The number of amides is 2. The van der Waals surface area contributed by atoms with Gasteiger partial charge in [-0.25, -0.2) is 0 Å². The van der Waals surface area contributed by atoms with Crippen molar-refractivity contribution in [3.8, 4) is 5.75 Å². The summed E-state index contributed by atoms with van der Waals surface area (Å²) in [6.45, 7) is 9.66. The van der Waals surface area contributed by atoms with E-state index in [4.69, 9.17) is 4.74 Å². The van der Waals surface area contributed by atoms with Crippen LogP contribution in [0.3, 0.4) is 0 Å². The number of rotatable bonds is 13. The molecule has 0 saturated heterocycles. The van der Waals surface area contributed by atoms with Gasteiger partial charge in [-0.05, 0) is 50.8 Å². The van der Waals surface area contributed by atoms with Crippen LogP contribution in [0.2, 0.25) is 0 Å². The molecule has 0 aromatic heterocycles. The fourth-order valence-electron chi connectivity index (χ4n) is 3.62. The van der Waals surface area contributed by atoms with Crippen molar-refractivity contribution in [3.63, 3.8) is 0 Å². The highest BCUT2D eigenvalue weighted by molar-refractivity contribution is 5.87. The maximum Gasteiger partial charge on any atom is 0.242 e. The van der Waals surface area contributed by atoms with Gasteiger partial charge in [0.2, 0.25) is 11.8 Å². The summed E-state index contributed by atoms with van der Waals surface area (Å²) in [5, 5.41) is 3.00. The summed E-state index contributed by atoms with van der Waals surface area (Å²) in [6.07, 6.45) is 3.48. The number of carbonyl (C=O) groups excluding carboxylic acids is 2. The van der Waals surface area contributed by atoms with Gasteiger partial charge in [0.1, 0.15) is 11.8 Å². The zero-order valence-corrected chi connectivity index (χ0v) is 20.0. The first-order chi connectivity index (χ1) is 15.4. The molecule has 0 bridgehead atoms. The van der Waals surface area contributed by atoms with Crippen LogP contribution in [0.4, 0.5) is 0 Å². The second-order valence-corrected chi connectivity index (χ2v) is 8.34. The van der Waals surface area contributed by atoms with Gasteiger partial charge in [-0.15, -0.1) is 0 Å². The minimum atomic E-state index is -0.474. The van der Waals surface area contributed by atoms with Gasteiger partial charge in [0.15, 0.2) is 0 Å². The third kappa shape index (κ3) is 8.37. The fraction of sp³-hybridized carbons (Fsp3) is 0.481. The lowest BCUT2D eigenvalue weighted by Crippen LogP contribution is -2.49. The van der Waals surface area contributed by atoms with E-state index in [-0.39, 0.29) is 11.8 Å². The molecule has 0 aliphatic carbocycles. The summed E-state index contributed by atoms with van der Waals surface area (Å²) in [4.78, 5) is 27.8. The van der Waals surface area contributed by atoms with Crippen LogP contribution in [-0.4, -0.2) is 35.9 Å². The lowest BCUT2D eigenvalue weighted by Gasteiger charge is -2.31. The average Bonchev–Trinajstić information content (AvgIpc) is 2.78. The predicted octanol–water partition coefficient (Wildman–Crippen LogP) is 5.19. The second-order valence-electron chi connectivity index (χ2n) is 8.34. The Morgan fingerprint density at radius 3 is 2.41 bits per heavy atom. The number of hydrogen-bond acceptors (Lipinski definition) is 3. The Labute approximate surface area is 193 Å². The summed E-state index contributed by atoms with van der Waals surface area (Å²) in [5.74, 6) is 0.718. The van der Waals surface area contributed by atoms with E-state index in [0.29, 0.717) is 39.0 Å². The highest BCUT2D eigenvalue weighted by Gasteiger charge is 2.28. The third-order valence-electron chi connectivity index (χ3n) is 5.48. The molecule has 0 fully saturated rings. The Kier molecular flexibility index (Phi) is 10.8. The van der Waals surface area contributed by atoms with Gasteiger partial charge in [-0.2, -0.15) is 0 Å². The first kappa shape index (κ1) is 25.4. The molecule has 174 valence electrons.